The lowest BCUT2D eigenvalue weighted by molar-refractivity contribution is -0.131. The van der Waals surface area contributed by atoms with E-state index in [4.69, 9.17) is 9.47 Å². The number of ether oxygens (including phenoxy) is 2. The molecule has 150 valence electrons. The van der Waals surface area contributed by atoms with Crippen LogP contribution >= 0.6 is 11.3 Å². The largest absolute Gasteiger partial charge is 0.454 e. The number of sulfonamides is 1. The molecule has 10 heteroatoms. The summed E-state index contributed by atoms with van der Waals surface area (Å²) >= 11 is 1.13. The zero-order valence-corrected chi connectivity index (χ0v) is 16.8. The second kappa shape index (κ2) is 8.08. The average molecular weight is 424 g/mol. The van der Waals surface area contributed by atoms with Crippen LogP contribution in [-0.4, -0.2) is 63.6 Å². The molecule has 1 aromatic heterocycles. The lowest BCUT2D eigenvalue weighted by atomic mass is 10.1. The SMILES string of the molecule is O=C(CNS(=O)(=O)c1cccs1)N1CCN(Cc2ccc3c(c2)OCO3)CC1. The predicted octanol–water partition coefficient (Wildman–Crippen LogP) is 1.10. The second-order valence-electron chi connectivity index (χ2n) is 6.60. The molecule has 2 aliphatic rings. The van der Waals surface area contributed by atoms with Gasteiger partial charge in [0.25, 0.3) is 10.0 Å². The van der Waals surface area contributed by atoms with Gasteiger partial charge in [-0.05, 0) is 29.1 Å². The Labute approximate surface area is 167 Å². The fraction of sp³-hybridized carbons (Fsp3) is 0.389. The Morgan fingerprint density at radius 2 is 1.89 bits per heavy atom. The standard InChI is InChI=1S/C18H21N3O5S2/c22-17(11-19-28(23,24)18-2-1-9-27-18)21-7-5-20(6-8-21)12-14-3-4-15-16(10-14)26-13-25-15/h1-4,9-10,19H,5-8,11-13H2. The molecule has 0 aliphatic carbocycles. The van der Waals surface area contributed by atoms with E-state index in [0.29, 0.717) is 13.1 Å². The topological polar surface area (TPSA) is 88.2 Å². The van der Waals surface area contributed by atoms with Crippen LogP contribution in [0.25, 0.3) is 0 Å². The maximum Gasteiger partial charge on any atom is 0.250 e. The van der Waals surface area contributed by atoms with E-state index >= 15 is 0 Å². The first-order valence-corrected chi connectivity index (χ1v) is 11.3. The van der Waals surface area contributed by atoms with Crippen molar-refractivity contribution in [2.24, 2.45) is 0 Å². The number of thiophene rings is 1. The summed E-state index contributed by atoms with van der Waals surface area (Å²) in [5.74, 6) is 1.33. The predicted molar refractivity (Wildman–Crippen MR) is 104 cm³/mol. The van der Waals surface area contributed by atoms with Crippen molar-refractivity contribution in [2.45, 2.75) is 10.8 Å². The zero-order chi connectivity index (χ0) is 19.6. The molecule has 2 aliphatic heterocycles. The normalized spacial score (nSPS) is 17.1. The number of hydrogen-bond donors (Lipinski definition) is 1. The number of carbonyl (C=O) groups is 1. The summed E-state index contributed by atoms with van der Waals surface area (Å²) in [5.41, 5.74) is 1.13. The number of carbonyl (C=O) groups excluding carboxylic acids is 1. The summed E-state index contributed by atoms with van der Waals surface area (Å²) in [6, 6.07) is 9.10. The Kier molecular flexibility index (Phi) is 5.54. The van der Waals surface area contributed by atoms with E-state index < -0.39 is 10.0 Å². The lowest BCUT2D eigenvalue weighted by Crippen LogP contribution is -2.50. The summed E-state index contributed by atoms with van der Waals surface area (Å²) < 4.78 is 37.6. The van der Waals surface area contributed by atoms with Crippen LogP contribution in [0, 0.1) is 0 Å². The van der Waals surface area contributed by atoms with Gasteiger partial charge >= 0.3 is 0 Å². The summed E-state index contributed by atoms with van der Waals surface area (Å²) in [6.45, 7) is 3.42. The van der Waals surface area contributed by atoms with Crippen LogP contribution in [0.1, 0.15) is 5.56 Å². The van der Waals surface area contributed by atoms with Gasteiger partial charge in [0.2, 0.25) is 12.7 Å². The summed E-state index contributed by atoms with van der Waals surface area (Å²) in [4.78, 5) is 16.3. The van der Waals surface area contributed by atoms with E-state index in [1.165, 1.54) is 6.07 Å². The van der Waals surface area contributed by atoms with E-state index in [0.717, 1.165) is 48.0 Å². The molecule has 1 aromatic carbocycles. The highest BCUT2D eigenvalue weighted by Crippen LogP contribution is 2.32. The van der Waals surface area contributed by atoms with Crippen LogP contribution < -0.4 is 14.2 Å². The smallest absolute Gasteiger partial charge is 0.250 e. The number of hydrogen-bond acceptors (Lipinski definition) is 7. The van der Waals surface area contributed by atoms with Crippen LogP contribution in [0.15, 0.2) is 39.9 Å². The summed E-state index contributed by atoms with van der Waals surface area (Å²) in [7, 11) is -3.62. The van der Waals surface area contributed by atoms with E-state index in [9.17, 15) is 13.2 Å². The molecule has 0 atom stereocenters. The number of nitrogens with one attached hydrogen (secondary N) is 1. The van der Waals surface area contributed by atoms with Crippen LogP contribution in [0.3, 0.4) is 0 Å². The number of piperazine rings is 1. The zero-order valence-electron chi connectivity index (χ0n) is 15.2. The molecule has 2 aromatic rings. The Balaban J connectivity index is 1.25. The van der Waals surface area contributed by atoms with Crippen LogP contribution in [0.2, 0.25) is 0 Å². The molecule has 0 radical (unpaired) electrons. The third kappa shape index (κ3) is 4.30. The fourth-order valence-corrected chi connectivity index (χ4v) is 5.22. The van der Waals surface area contributed by atoms with Gasteiger partial charge in [0.05, 0.1) is 6.54 Å². The number of benzene rings is 1. The van der Waals surface area contributed by atoms with Gasteiger partial charge < -0.3 is 14.4 Å². The lowest BCUT2D eigenvalue weighted by Gasteiger charge is -2.34. The minimum atomic E-state index is -3.62. The number of rotatable bonds is 6. The van der Waals surface area contributed by atoms with Crippen LogP contribution in [0.5, 0.6) is 11.5 Å². The molecular formula is C18H21N3O5S2. The van der Waals surface area contributed by atoms with E-state index in [1.807, 2.05) is 18.2 Å². The molecule has 0 bridgehead atoms. The van der Waals surface area contributed by atoms with Gasteiger partial charge in [0.15, 0.2) is 11.5 Å². The van der Waals surface area contributed by atoms with Crippen molar-refractivity contribution in [3.05, 3.63) is 41.3 Å². The Hall–Kier alpha value is -2.14. The molecule has 0 spiro atoms. The van der Waals surface area contributed by atoms with Crippen LogP contribution in [-0.2, 0) is 21.4 Å². The van der Waals surface area contributed by atoms with Crippen molar-refractivity contribution in [2.75, 3.05) is 39.5 Å². The number of fused-ring (bicyclic) bond motifs is 1. The average Bonchev–Trinajstić information content (AvgIpc) is 3.38. The van der Waals surface area contributed by atoms with Crippen molar-refractivity contribution in [1.29, 1.82) is 0 Å². The van der Waals surface area contributed by atoms with Gasteiger partial charge in [0, 0.05) is 32.7 Å². The van der Waals surface area contributed by atoms with E-state index in [-0.39, 0.29) is 23.5 Å². The van der Waals surface area contributed by atoms with Gasteiger partial charge in [-0.1, -0.05) is 12.1 Å². The van der Waals surface area contributed by atoms with Gasteiger partial charge in [-0.2, -0.15) is 0 Å². The molecular weight excluding hydrogens is 402 g/mol. The monoisotopic (exact) mass is 423 g/mol. The van der Waals surface area contributed by atoms with Gasteiger partial charge in [0.1, 0.15) is 4.21 Å². The first-order valence-electron chi connectivity index (χ1n) is 8.93. The van der Waals surface area contributed by atoms with Crippen molar-refractivity contribution < 1.29 is 22.7 Å². The fourth-order valence-electron chi connectivity index (χ4n) is 3.21. The molecule has 1 fully saturated rings. The molecule has 4 rings (SSSR count). The molecule has 1 amide bonds. The van der Waals surface area contributed by atoms with Crippen molar-refractivity contribution in [3.63, 3.8) is 0 Å². The van der Waals surface area contributed by atoms with Crippen LogP contribution in [0.4, 0.5) is 0 Å². The van der Waals surface area contributed by atoms with Gasteiger partial charge in [-0.3, -0.25) is 9.69 Å². The minimum Gasteiger partial charge on any atom is -0.454 e. The van der Waals surface area contributed by atoms with Crippen molar-refractivity contribution in [1.82, 2.24) is 14.5 Å². The minimum absolute atomic E-state index is 0.206. The van der Waals surface area contributed by atoms with Crippen molar-refractivity contribution in [3.8, 4) is 11.5 Å². The number of amides is 1. The first-order chi connectivity index (χ1) is 13.5. The molecule has 1 saturated heterocycles. The summed E-state index contributed by atoms with van der Waals surface area (Å²) in [5, 5.41) is 1.69. The van der Waals surface area contributed by atoms with E-state index in [1.54, 1.807) is 16.3 Å². The first kappa shape index (κ1) is 19.2. The Morgan fingerprint density at radius 1 is 1.11 bits per heavy atom. The summed E-state index contributed by atoms with van der Waals surface area (Å²) in [6.07, 6.45) is 0. The maximum atomic E-state index is 12.4. The maximum absolute atomic E-state index is 12.4. The molecule has 28 heavy (non-hydrogen) atoms. The second-order valence-corrected chi connectivity index (χ2v) is 9.54. The quantitative estimate of drug-likeness (QED) is 0.749. The van der Waals surface area contributed by atoms with Gasteiger partial charge in [-0.15, -0.1) is 11.3 Å². The highest BCUT2D eigenvalue weighted by molar-refractivity contribution is 7.91. The third-order valence-corrected chi connectivity index (χ3v) is 7.54. The van der Waals surface area contributed by atoms with Crippen molar-refractivity contribution >= 4 is 27.3 Å². The Morgan fingerprint density at radius 3 is 2.64 bits per heavy atom. The molecule has 8 nitrogen and oxygen atoms in total. The third-order valence-electron chi connectivity index (χ3n) is 4.74. The molecule has 0 saturated carbocycles. The van der Waals surface area contributed by atoms with E-state index in [2.05, 4.69) is 9.62 Å². The highest BCUT2D eigenvalue weighted by Gasteiger charge is 2.24. The molecule has 3 heterocycles. The molecule has 1 N–H and O–H groups in total. The number of nitrogens with zero attached hydrogens (tertiary/aromatic N) is 2. The Bertz CT molecular complexity index is 938. The molecule has 0 unspecified atom stereocenters. The van der Waals surface area contributed by atoms with Gasteiger partial charge in [-0.25, -0.2) is 13.1 Å². The highest BCUT2D eigenvalue weighted by atomic mass is 32.2.